The molecule has 2 aromatic carbocycles. The molecule has 0 aliphatic heterocycles. The van der Waals surface area contributed by atoms with E-state index in [4.69, 9.17) is 16.3 Å². The number of nitrogens with zero attached hydrogens (tertiary/aromatic N) is 1. The summed E-state index contributed by atoms with van der Waals surface area (Å²) in [4.78, 5) is 37.3. The molecule has 0 aliphatic rings. The molecule has 0 heterocycles. The van der Waals surface area contributed by atoms with Crippen LogP contribution >= 0.6 is 11.6 Å². The summed E-state index contributed by atoms with van der Waals surface area (Å²) in [5, 5.41) is 3.41. The average molecular weight is 415 g/mol. The fourth-order valence-electron chi connectivity index (χ4n) is 2.52. The number of aryl methyl sites for hydroxylation is 2. The Morgan fingerprint density at radius 3 is 2.31 bits per heavy atom. The van der Waals surface area contributed by atoms with E-state index in [-0.39, 0.29) is 12.5 Å². The third-order valence-corrected chi connectivity index (χ3v) is 4.42. The van der Waals surface area contributed by atoms with Crippen LogP contribution in [0.4, 0.5) is 5.69 Å². The van der Waals surface area contributed by atoms with Gasteiger partial charge in [0.2, 0.25) is 5.91 Å². The number of carbonyl (C=O) groups excluding carboxylic acids is 3. The van der Waals surface area contributed by atoms with Crippen LogP contribution in [0.3, 0.4) is 0 Å². The topological polar surface area (TPSA) is 75.7 Å². The normalized spacial score (nSPS) is 10.6. The number of carbonyl (C=O) groups is 3. The molecular formula is C22H23ClN2O4. The number of benzene rings is 2. The maximum Gasteiger partial charge on any atom is 0.331 e. The molecule has 6 nitrogen and oxygen atoms in total. The quantitative estimate of drug-likeness (QED) is 0.554. The van der Waals surface area contributed by atoms with Gasteiger partial charge in [-0.25, -0.2) is 4.79 Å². The van der Waals surface area contributed by atoms with Crippen molar-refractivity contribution in [1.29, 1.82) is 0 Å². The Hall–Kier alpha value is -3.12. The molecule has 0 fully saturated rings. The molecule has 0 bridgehead atoms. The maximum absolute atomic E-state index is 12.2. The smallest absolute Gasteiger partial charge is 0.331 e. The molecule has 152 valence electrons. The lowest BCUT2D eigenvalue weighted by molar-refractivity contribution is -0.148. The van der Waals surface area contributed by atoms with Crippen molar-refractivity contribution in [3.8, 4) is 0 Å². The van der Waals surface area contributed by atoms with Gasteiger partial charge in [0.1, 0.15) is 0 Å². The fourth-order valence-corrected chi connectivity index (χ4v) is 2.65. The molecule has 2 rings (SSSR count). The van der Waals surface area contributed by atoms with E-state index in [9.17, 15) is 14.4 Å². The summed E-state index contributed by atoms with van der Waals surface area (Å²) in [5.74, 6) is -1.45. The van der Waals surface area contributed by atoms with Crippen LogP contribution in [0, 0.1) is 13.8 Å². The van der Waals surface area contributed by atoms with Crippen molar-refractivity contribution in [2.24, 2.45) is 0 Å². The largest absolute Gasteiger partial charge is 0.452 e. The lowest BCUT2D eigenvalue weighted by Crippen LogP contribution is -2.37. The second kappa shape index (κ2) is 10.4. The van der Waals surface area contributed by atoms with Gasteiger partial charge in [-0.05, 0) is 48.7 Å². The second-order valence-electron chi connectivity index (χ2n) is 6.56. The third-order valence-electron chi connectivity index (χ3n) is 4.17. The van der Waals surface area contributed by atoms with Crippen LogP contribution in [0.2, 0.25) is 5.02 Å². The number of esters is 1. The number of likely N-dealkylation sites (N-methyl/N-ethyl adjacent to an activating group) is 1. The summed E-state index contributed by atoms with van der Waals surface area (Å²) < 4.78 is 4.93. The fraction of sp³-hybridized carbons (Fsp3) is 0.227. The number of halogens is 1. The van der Waals surface area contributed by atoms with E-state index in [1.54, 1.807) is 30.3 Å². The standard InChI is InChI=1S/C22H23ClN2O4/c1-15-5-4-6-16(2)22(15)24-19(26)13-25(3)20(27)14-29-21(28)12-9-17-7-10-18(23)11-8-17/h4-12H,13-14H2,1-3H3,(H,24,26)/b12-9+. The van der Waals surface area contributed by atoms with Crippen LogP contribution in [-0.4, -0.2) is 42.9 Å². The van der Waals surface area contributed by atoms with Crippen molar-refractivity contribution in [2.45, 2.75) is 13.8 Å². The maximum atomic E-state index is 12.2. The summed E-state index contributed by atoms with van der Waals surface area (Å²) in [6.45, 7) is 3.20. The Balaban J connectivity index is 1.80. The lowest BCUT2D eigenvalue weighted by atomic mass is 10.1. The third kappa shape index (κ3) is 7.08. The second-order valence-corrected chi connectivity index (χ2v) is 6.99. The average Bonchev–Trinajstić information content (AvgIpc) is 2.68. The van der Waals surface area contributed by atoms with Crippen molar-refractivity contribution >= 4 is 41.1 Å². The number of para-hydroxylation sites is 1. The summed E-state index contributed by atoms with van der Waals surface area (Å²) in [7, 11) is 1.48. The van der Waals surface area contributed by atoms with E-state index in [0.717, 1.165) is 22.4 Å². The Bertz CT molecular complexity index is 903. The highest BCUT2D eigenvalue weighted by Crippen LogP contribution is 2.19. The first-order valence-electron chi connectivity index (χ1n) is 8.96. The van der Waals surface area contributed by atoms with Crippen LogP contribution < -0.4 is 5.32 Å². The zero-order chi connectivity index (χ0) is 21.4. The number of nitrogens with one attached hydrogen (secondary N) is 1. The molecule has 0 saturated carbocycles. The van der Waals surface area contributed by atoms with E-state index in [1.165, 1.54) is 18.0 Å². The van der Waals surface area contributed by atoms with Gasteiger partial charge in [-0.2, -0.15) is 0 Å². The summed E-state index contributed by atoms with van der Waals surface area (Å²) >= 11 is 5.80. The molecule has 2 aromatic rings. The van der Waals surface area contributed by atoms with Crippen LogP contribution in [0.15, 0.2) is 48.5 Å². The predicted octanol–water partition coefficient (Wildman–Crippen LogP) is 3.61. The van der Waals surface area contributed by atoms with Crippen LogP contribution in [0.5, 0.6) is 0 Å². The molecule has 0 saturated heterocycles. The van der Waals surface area contributed by atoms with E-state index < -0.39 is 18.5 Å². The molecule has 0 spiro atoms. The van der Waals surface area contributed by atoms with Crippen LogP contribution in [0.1, 0.15) is 16.7 Å². The molecule has 0 radical (unpaired) electrons. The zero-order valence-corrected chi connectivity index (χ0v) is 17.3. The molecule has 0 aromatic heterocycles. The predicted molar refractivity (Wildman–Crippen MR) is 114 cm³/mol. The number of hydrogen-bond acceptors (Lipinski definition) is 4. The molecular weight excluding hydrogens is 392 g/mol. The van der Waals surface area contributed by atoms with Gasteiger partial charge in [-0.1, -0.05) is 41.9 Å². The molecule has 7 heteroatoms. The van der Waals surface area contributed by atoms with Crippen molar-refractivity contribution in [1.82, 2.24) is 4.90 Å². The van der Waals surface area contributed by atoms with Crippen molar-refractivity contribution < 1.29 is 19.1 Å². The number of anilines is 1. The minimum atomic E-state index is -0.651. The Kier molecular flexibility index (Phi) is 7.98. The lowest BCUT2D eigenvalue weighted by Gasteiger charge is -2.18. The van der Waals surface area contributed by atoms with Gasteiger partial charge in [0, 0.05) is 23.8 Å². The summed E-state index contributed by atoms with van der Waals surface area (Å²) in [6.07, 6.45) is 2.79. The van der Waals surface area contributed by atoms with Gasteiger partial charge in [0.05, 0.1) is 6.54 Å². The van der Waals surface area contributed by atoms with Crippen molar-refractivity contribution in [3.63, 3.8) is 0 Å². The number of amides is 2. The Labute approximate surface area is 175 Å². The molecule has 0 atom stereocenters. The minimum Gasteiger partial charge on any atom is -0.452 e. The van der Waals surface area contributed by atoms with Crippen LogP contribution in [0.25, 0.3) is 6.08 Å². The summed E-state index contributed by atoms with van der Waals surface area (Å²) in [5.41, 5.74) is 3.39. The highest BCUT2D eigenvalue weighted by molar-refractivity contribution is 6.30. The first-order chi connectivity index (χ1) is 13.8. The Morgan fingerprint density at radius 2 is 1.69 bits per heavy atom. The van der Waals surface area contributed by atoms with E-state index in [2.05, 4.69) is 5.32 Å². The van der Waals surface area contributed by atoms with E-state index in [0.29, 0.717) is 5.02 Å². The number of ether oxygens (including phenoxy) is 1. The zero-order valence-electron chi connectivity index (χ0n) is 16.6. The van der Waals surface area contributed by atoms with Crippen molar-refractivity contribution in [3.05, 3.63) is 70.3 Å². The molecule has 1 N–H and O–H groups in total. The molecule has 0 aliphatic carbocycles. The van der Waals surface area contributed by atoms with Gasteiger partial charge in [-0.15, -0.1) is 0 Å². The SMILES string of the molecule is Cc1cccc(C)c1NC(=O)CN(C)C(=O)COC(=O)/C=C/c1ccc(Cl)cc1. The monoisotopic (exact) mass is 414 g/mol. The first-order valence-corrected chi connectivity index (χ1v) is 9.34. The Morgan fingerprint density at radius 1 is 1.07 bits per heavy atom. The first kappa shape index (κ1) is 22.2. The van der Waals surface area contributed by atoms with Gasteiger partial charge in [0.15, 0.2) is 6.61 Å². The van der Waals surface area contributed by atoms with Gasteiger partial charge in [0.25, 0.3) is 5.91 Å². The highest BCUT2D eigenvalue weighted by atomic mass is 35.5. The highest BCUT2D eigenvalue weighted by Gasteiger charge is 2.15. The van der Waals surface area contributed by atoms with E-state index in [1.807, 2.05) is 32.0 Å². The summed E-state index contributed by atoms with van der Waals surface area (Å²) in [6, 6.07) is 12.6. The van der Waals surface area contributed by atoms with E-state index >= 15 is 0 Å². The van der Waals surface area contributed by atoms with Gasteiger partial charge >= 0.3 is 5.97 Å². The van der Waals surface area contributed by atoms with Crippen molar-refractivity contribution in [2.75, 3.05) is 25.5 Å². The van der Waals surface area contributed by atoms with Crippen LogP contribution in [-0.2, 0) is 19.1 Å². The van der Waals surface area contributed by atoms with Gasteiger partial charge < -0.3 is 15.0 Å². The molecule has 2 amide bonds. The van der Waals surface area contributed by atoms with Gasteiger partial charge in [-0.3, -0.25) is 9.59 Å². The number of rotatable bonds is 7. The minimum absolute atomic E-state index is 0.148. The molecule has 29 heavy (non-hydrogen) atoms. The molecule has 0 unspecified atom stereocenters. The number of hydrogen-bond donors (Lipinski definition) is 1.